The van der Waals surface area contributed by atoms with E-state index in [1.54, 1.807) is 19.5 Å². The number of nitrogens with zero attached hydrogens (tertiary/aromatic N) is 3. The van der Waals surface area contributed by atoms with Crippen molar-refractivity contribution in [3.8, 4) is 5.75 Å². The molecule has 0 aliphatic carbocycles. The molecule has 26 heavy (non-hydrogen) atoms. The van der Waals surface area contributed by atoms with Gasteiger partial charge in [0.1, 0.15) is 11.3 Å². The molecule has 0 spiro atoms. The van der Waals surface area contributed by atoms with Crippen molar-refractivity contribution in [1.82, 2.24) is 19.9 Å². The van der Waals surface area contributed by atoms with Gasteiger partial charge in [0.15, 0.2) is 11.5 Å². The lowest BCUT2D eigenvalue weighted by Gasteiger charge is -2.11. The third-order valence-electron chi connectivity index (χ3n) is 3.76. The lowest BCUT2D eigenvalue weighted by molar-refractivity contribution is 0.415. The summed E-state index contributed by atoms with van der Waals surface area (Å²) in [7, 11) is 1.63. The molecule has 3 N–H and O–H groups in total. The molecule has 0 saturated heterocycles. The first-order chi connectivity index (χ1) is 12.7. The van der Waals surface area contributed by atoms with Crippen LogP contribution in [-0.2, 0) is 0 Å². The number of para-hydroxylation sites is 1. The smallest absolute Gasteiger partial charge is 0.231 e. The fraction of sp³-hybridized carbons (Fsp3) is 0.0556. The predicted molar refractivity (Wildman–Crippen MR) is 103 cm³/mol. The van der Waals surface area contributed by atoms with E-state index in [0.29, 0.717) is 28.0 Å². The molecule has 0 aliphatic heterocycles. The lowest BCUT2D eigenvalue weighted by Crippen LogP contribution is -2.02. The summed E-state index contributed by atoms with van der Waals surface area (Å²) in [6.07, 6.45) is 1.58. The zero-order valence-corrected chi connectivity index (χ0v) is 14.6. The highest BCUT2D eigenvalue weighted by atomic mass is 35.5. The lowest BCUT2D eigenvalue weighted by atomic mass is 10.3. The molecule has 8 heteroatoms. The topological polar surface area (TPSA) is 87.8 Å². The summed E-state index contributed by atoms with van der Waals surface area (Å²) in [4.78, 5) is 16.3. The number of ether oxygens (including phenoxy) is 1. The largest absolute Gasteiger partial charge is 0.497 e. The molecule has 0 atom stereocenters. The van der Waals surface area contributed by atoms with Gasteiger partial charge in [-0.25, -0.2) is 4.98 Å². The van der Waals surface area contributed by atoms with Crippen LogP contribution in [0.25, 0.3) is 11.2 Å². The summed E-state index contributed by atoms with van der Waals surface area (Å²) < 4.78 is 5.18. The second-order valence-electron chi connectivity index (χ2n) is 5.46. The van der Waals surface area contributed by atoms with Gasteiger partial charge in [0.25, 0.3) is 0 Å². The molecule has 0 amide bonds. The Morgan fingerprint density at radius 2 is 1.81 bits per heavy atom. The summed E-state index contributed by atoms with van der Waals surface area (Å²) in [6.45, 7) is 0. The second kappa shape index (κ2) is 6.89. The Morgan fingerprint density at radius 3 is 2.58 bits per heavy atom. The van der Waals surface area contributed by atoms with Crippen LogP contribution in [-0.4, -0.2) is 27.0 Å². The average molecular weight is 367 g/mol. The van der Waals surface area contributed by atoms with Crippen molar-refractivity contribution in [2.75, 3.05) is 17.7 Å². The van der Waals surface area contributed by atoms with E-state index in [-0.39, 0.29) is 0 Å². The van der Waals surface area contributed by atoms with Crippen LogP contribution < -0.4 is 15.4 Å². The molecule has 0 saturated carbocycles. The van der Waals surface area contributed by atoms with Crippen LogP contribution in [0.1, 0.15) is 0 Å². The van der Waals surface area contributed by atoms with Gasteiger partial charge in [-0.1, -0.05) is 23.7 Å². The van der Waals surface area contributed by atoms with Crippen LogP contribution in [0.2, 0.25) is 5.02 Å². The highest BCUT2D eigenvalue weighted by molar-refractivity contribution is 6.33. The van der Waals surface area contributed by atoms with Crippen LogP contribution in [0, 0.1) is 0 Å². The van der Waals surface area contributed by atoms with E-state index in [1.165, 1.54) is 0 Å². The Labute approximate surface area is 154 Å². The normalized spacial score (nSPS) is 10.7. The standard InChI is InChI=1S/C18H15ClN6O/c1-26-12-8-6-11(7-9-12)22-17-15-16(21-10-20-15)24-18(25-17)23-14-5-3-2-4-13(14)19/h2-10H,1H3,(H3,20,21,22,23,24,25). The number of nitrogens with one attached hydrogen (secondary N) is 3. The molecule has 0 fully saturated rings. The number of fused-ring (bicyclic) bond motifs is 1. The number of hydrogen-bond donors (Lipinski definition) is 3. The number of rotatable bonds is 5. The Balaban J connectivity index is 1.69. The van der Waals surface area contributed by atoms with Crippen LogP contribution in [0.15, 0.2) is 54.9 Å². The van der Waals surface area contributed by atoms with E-state index in [2.05, 4.69) is 30.6 Å². The van der Waals surface area contributed by atoms with E-state index in [0.717, 1.165) is 17.1 Å². The van der Waals surface area contributed by atoms with Crippen LogP contribution in [0.5, 0.6) is 5.75 Å². The first-order valence-electron chi connectivity index (χ1n) is 7.86. The van der Waals surface area contributed by atoms with E-state index in [1.807, 2.05) is 42.5 Å². The predicted octanol–water partition coefficient (Wildman–Crippen LogP) is 4.50. The number of benzene rings is 2. The van der Waals surface area contributed by atoms with Crippen molar-refractivity contribution in [2.45, 2.75) is 0 Å². The minimum absolute atomic E-state index is 0.397. The molecule has 0 unspecified atom stereocenters. The number of hydrogen-bond acceptors (Lipinski definition) is 6. The van der Waals surface area contributed by atoms with Crippen molar-refractivity contribution in [1.29, 1.82) is 0 Å². The van der Waals surface area contributed by atoms with Gasteiger partial charge in [-0.05, 0) is 36.4 Å². The molecular weight excluding hydrogens is 352 g/mol. The average Bonchev–Trinajstić information content (AvgIpc) is 3.13. The quantitative estimate of drug-likeness (QED) is 0.482. The van der Waals surface area contributed by atoms with E-state index < -0.39 is 0 Å². The summed E-state index contributed by atoms with van der Waals surface area (Å²) in [6, 6.07) is 15.0. The number of methoxy groups -OCH3 is 1. The summed E-state index contributed by atoms with van der Waals surface area (Å²) in [5, 5.41) is 6.99. The van der Waals surface area contributed by atoms with Gasteiger partial charge in [0.05, 0.1) is 24.1 Å². The Morgan fingerprint density at radius 1 is 1.00 bits per heavy atom. The van der Waals surface area contributed by atoms with Crippen molar-refractivity contribution in [3.63, 3.8) is 0 Å². The molecule has 0 bridgehead atoms. The molecule has 7 nitrogen and oxygen atoms in total. The third-order valence-corrected chi connectivity index (χ3v) is 4.09. The fourth-order valence-electron chi connectivity index (χ4n) is 2.47. The number of H-pyrrole nitrogens is 1. The Kier molecular flexibility index (Phi) is 4.28. The van der Waals surface area contributed by atoms with Crippen molar-refractivity contribution >= 4 is 45.9 Å². The molecule has 4 aromatic rings. The van der Waals surface area contributed by atoms with Crippen LogP contribution in [0.4, 0.5) is 23.1 Å². The van der Waals surface area contributed by atoms with Gasteiger partial charge in [0.2, 0.25) is 5.95 Å². The minimum Gasteiger partial charge on any atom is -0.497 e. The summed E-state index contributed by atoms with van der Waals surface area (Å²) >= 11 is 6.20. The van der Waals surface area contributed by atoms with Crippen LogP contribution in [0.3, 0.4) is 0 Å². The first-order valence-corrected chi connectivity index (χ1v) is 8.24. The molecule has 0 radical (unpaired) electrons. The monoisotopic (exact) mass is 366 g/mol. The van der Waals surface area contributed by atoms with Crippen LogP contribution >= 0.6 is 11.6 Å². The zero-order chi connectivity index (χ0) is 17.9. The number of anilines is 4. The zero-order valence-electron chi connectivity index (χ0n) is 13.8. The molecule has 2 aromatic carbocycles. The maximum absolute atomic E-state index is 6.20. The number of aromatic amines is 1. The molecule has 2 heterocycles. The first kappa shape index (κ1) is 16.2. The van der Waals surface area contributed by atoms with E-state index in [9.17, 15) is 0 Å². The van der Waals surface area contributed by atoms with E-state index >= 15 is 0 Å². The number of aromatic nitrogens is 4. The maximum atomic E-state index is 6.20. The molecule has 4 rings (SSSR count). The number of halogens is 1. The third kappa shape index (κ3) is 3.25. The molecule has 130 valence electrons. The summed E-state index contributed by atoms with van der Waals surface area (Å²) in [5.41, 5.74) is 2.85. The van der Waals surface area contributed by atoms with Crippen molar-refractivity contribution in [2.24, 2.45) is 0 Å². The van der Waals surface area contributed by atoms with Gasteiger partial charge >= 0.3 is 0 Å². The second-order valence-corrected chi connectivity index (χ2v) is 5.86. The molecular formula is C18H15ClN6O. The molecule has 0 aliphatic rings. The van der Waals surface area contributed by atoms with Gasteiger partial charge in [-0.15, -0.1) is 0 Å². The fourth-order valence-corrected chi connectivity index (χ4v) is 2.66. The van der Waals surface area contributed by atoms with Gasteiger partial charge < -0.3 is 20.4 Å². The van der Waals surface area contributed by atoms with Crippen molar-refractivity contribution < 1.29 is 4.74 Å². The number of imidazole rings is 1. The maximum Gasteiger partial charge on any atom is 0.231 e. The molecule has 2 aromatic heterocycles. The minimum atomic E-state index is 0.397. The van der Waals surface area contributed by atoms with Crippen molar-refractivity contribution in [3.05, 3.63) is 59.9 Å². The van der Waals surface area contributed by atoms with Gasteiger partial charge in [-0.2, -0.15) is 9.97 Å². The SMILES string of the molecule is COc1ccc(Nc2nc(Nc3ccccc3Cl)nc3nc[nH]c23)cc1. The van der Waals surface area contributed by atoms with Gasteiger partial charge in [0, 0.05) is 5.69 Å². The van der Waals surface area contributed by atoms with Gasteiger partial charge in [-0.3, -0.25) is 0 Å². The Bertz CT molecular complexity index is 1050. The van der Waals surface area contributed by atoms with E-state index in [4.69, 9.17) is 16.3 Å². The Hall–Kier alpha value is -3.32. The summed E-state index contributed by atoms with van der Waals surface area (Å²) in [5.74, 6) is 1.78. The highest BCUT2D eigenvalue weighted by Gasteiger charge is 2.11. The highest BCUT2D eigenvalue weighted by Crippen LogP contribution is 2.27.